The van der Waals surface area contributed by atoms with Gasteiger partial charge in [-0.25, -0.2) is 42.2 Å². The molecule has 0 atom stereocenters. The number of aromatic nitrogens is 9. The minimum absolute atomic E-state index is 0.0495. The van der Waals surface area contributed by atoms with Crippen molar-refractivity contribution in [3.63, 3.8) is 0 Å². The van der Waals surface area contributed by atoms with Crippen molar-refractivity contribution in [2.45, 2.75) is 78.4 Å². The number of nitrogens with one attached hydrogen (secondary N) is 3. The van der Waals surface area contributed by atoms with Crippen LogP contribution in [-0.2, 0) is 71.2 Å². The Kier molecular flexibility index (Phi) is 22.6. The predicted octanol–water partition coefficient (Wildman–Crippen LogP) is 9.39. The molecule has 0 aliphatic rings. The standard InChI is InChI=1S/C63H57F12N12O10P/c1-34-55(58(91)79-10-13-88)49(85(82-34)52-25-37(4-7-76-52)16-40-19-43(61(67,68)69)28-46(64)22-40)31-95-98(94,96-32-50-56(59(92)80-11-14-89)35(2)83-86(50)53-26-38(5-8-77-53)17-41-20-44(62(70,71)72)29-47(65)23-41)97-33-51-57(60(93)81-12-15-90)36(3)84-87(51)54-27-39(6-9-78-54)18-42-21-45(63(73,74)75)30-48(66)24-42/h4-9,19-30,88-90,94H,10-18,31-33H2,1-3H3,(H2-,79,80,81,91,92,93)/p+1. The lowest BCUT2D eigenvalue weighted by molar-refractivity contribution is -0.138. The van der Waals surface area contributed by atoms with E-state index in [1.165, 1.54) is 75.8 Å². The molecule has 0 saturated heterocycles. The molecule has 6 aromatic heterocycles. The van der Waals surface area contributed by atoms with Crippen LogP contribution < -0.4 is 16.0 Å². The van der Waals surface area contributed by atoms with E-state index in [0.717, 1.165) is 50.4 Å². The topological polar surface area (TPSA) is 288 Å². The molecule has 0 fully saturated rings. The summed E-state index contributed by atoms with van der Waals surface area (Å²) in [6.07, 6.45) is -12.0. The third-order valence-corrected chi connectivity index (χ3v) is 16.0. The van der Waals surface area contributed by atoms with Gasteiger partial charge in [0.15, 0.2) is 17.5 Å². The molecular formula is C63H58F12N12O10P+. The fourth-order valence-electron chi connectivity index (χ4n) is 10.4. The fourth-order valence-corrected chi connectivity index (χ4v) is 11.5. The number of hydrogen-bond acceptors (Lipinski definition) is 16. The Morgan fingerprint density at radius 2 is 0.694 bits per heavy atom. The maximum Gasteiger partial charge on any atom is 0.573 e. The van der Waals surface area contributed by atoms with Crippen LogP contribution in [0, 0.1) is 38.2 Å². The number of rotatable bonds is 27. The van der Waals surface area contributed by atoms with Crippen molar-refractivity contribution in [1.82, 2.24) is 60.2 Å². The molecule has 98 heavy (non-hydrogen) atoms. The molecule has 9 rings (SSSR count). The van der Waals surface area contributed by atoms with Gasteiger partial charge >= 0.3 is 26.7 Å². The monoisotopic (exact) mass is 1400 g/mol. The second kappa shape index (κ2) is 30.5. The maximum absolute atomic E-state index is 14.6. The van der Waals surface area contributed by atoms with Gasteiger partial charge in [0, 0.05) is 38.2 Å². The summed E-state index contributed by atoms with van der Waals surface area (Å²) in [5, 5.41) is 50.2. The van der Waals surface area contributed by atoms with E-state index < -0.39 is 118 Å². The SMILES string of the molecule is Cc1nn(-c2cc(Cc3cc(F)cc(C(F)(F)F)c3)ccn2)c(CO[P+](O)(OCc2c(C(=O)NCCO)c(C)nn2-c2cc(Cc3cc(F)cc(C(F)(F)F)c3)ccn2)OCc2c(C(=O)NCCO)c(C)nn2-c2cc(Cc3cc(F)cc(C(F)(F)F)c3)ccn2)c1C(=O)NCCO. The number of carbonyl (C=O) groups is 3. The fraction of sp³-hybridized carbons (Fsp3) is 0.286. The summed E-state index contributed by atoms with van der Waals surface area (Å²) >= 11 is 0. The van der Waals surface area contributed by atoms with Crippen molar-refractivity contribution in [3.8, 4) is 17.5 Å². The van der Waals surface area contributed by atoms with E-state index in [9.17, 15) is 87.3 Å². The molecule has 0 aliphatic carbocycles. The van der Waals surface area contributed by atoms with Crippen molar-refractivity contribution in [3.05, 3.63) is 228 Å². The number of nitrogens with zero attached hydrogens (tertiary/aromatic N) is 9. The van der Waals surface area contributed by atoms with E-state index in [4.69, 9.17) is 13.6 Å². The van der Waals surface area contributed by atoms with Gasteiger partial charge in [0.25, 0.3) is 17.7 Å². The lowest BCUT2D eigenvalue weighted by atomic mass is 10.0. The highest BCUT2D eigenvalue weighted by Gasteiger charge is 2.48. The van der Waals surface area contributed by atoms with Gasteiger partial charge in [-0.1, -0.05) is 0 Å². The van der Waals surface area contributed by atoms with Gasteiger partial charge in [0.1, 0.15) is 37.3 Å². The Labute approximate surface area is 548 Å². The molecule has 0 spiro atoms. The number of hydrogen-bond donors (Lipinski definition) is 7. The quantitative estimate of drug-likeness (QED) is 0.0186. The van der Waals surface area contributed by atoms with E-state index in [0.29, 0.717) is 18.2 Å². The normalized spacial score (nSPS) is 12.2. The van der Waals surface area contributed by atoms with Gasteiger partial charge in [-0.2, -0.15) is 59.7 Å². The maximum atomic E-state index is 14.6. The lowest BCUT2D eigenvalue weighted by Crippen LogP contribution is -2.28. The van der Waals surface area contributed by atoms with Crippen LogP contribution in [0.4, 0.5) is 52.7 Å². The first-order valence-corrected chi connectivity index (χ1v) is 30.8. The van der Waals surface area contributed by atoms with Crippen LogP contribution in [0.2, 0.25) is 0 Å². The van der Waals surface area contributed by atoms with Gasteiger partial charge in [0.05, 0.1) is 87.4 Å². The number of carbonyl (C=O) groups excluding carboxylic acids is 3. The minimum atomic E-state index is -5.30. The molecule has 0 unspecified atom stereocenters. The van der Waals surface area contributed by atoms with Gasteiger partial charge in [-0.05, 0) is 164 Å². The van der Waals surface area contributed by atoms with Crippen LogP contribution in [-0.4, -0.2) is 122 Å². The van der Waals surface area contributed by atoms with E-state index in [1.807, 2.05) is 0 Å². The molecule has 0 radical (unpaired) electrons. The highest BCUT2D eigenvalue weighted by molar-refractivity contribution is 7.55. The predicted molar refractivity (Wildman–Crippen MR) is 323 cm³/mol. The highest BCUT2D eigenvalue weighted by Crippen LogP contribution is 2.60. The zero-order valence-electron chi connectivity index (χ0n) is 51.6. The van der Waals surface area contributed by atoms with Crippen molar-refractivity contribution in [2.24, 2.45) is 0 Å². The average molecular weight is 1400 g/mol. The number of benzene rings is 3. The minimum Gasteiger partial charge on any atom is -0.395 e. The zero-order valence-corrected chi connectivity index (χ0v) is 52.5. The molecular weight excluding hydrogens is 1340 g/mol. The summed E-state index contributed by atoms with van der Waals surface area (Å²) in [5.74, 6) is -6.63. The molecule has 6 heterocycles. The lowest BCUT2D eigenvalue weighted by Gasteiger charge is -2.18. The van der Waals surface area contributed by atoms with Crippen LogP contribution in [0.3, 0.4) is 0 Å². The van der Waals surface area contributed by atoms with Crippen molar-refractivity contribution in [2.75, 3.05) is 39.5 Å². The largest absolute Gasteiger partial charge is 0.573 e. The van der Waals surface area contributed by atoms with E-state index in [2.05, 4.69) is 46.2 Å². The number of aliphatic hydroxyl groups excluding tert-OH is 3. The van der Waals surface area contributed by atoms with Crippen LogP contribution in [0.5, 0.6) is 0 Å². The first-order valence-electron chi connectivity index (χ1n) is 29.3. The zero-order chi connectivity index (χ0) is 71.0. The molecule has 22 nitrogen and oxygen atoms in total. The second-order valence-electron chi connectivity index (χ2n) is 21.8. The average Bonchev–Trinajstić information content (AvgIpc) is 1.64. The van der Waals surface area contributed by atoms with Crippen LogP contribution in [0.15, 0.2) is 110 Å². The first kappa shape index (κ1) is 72.7. The number of amides is 3. The Morgan fingerprint density at radius 3 is 0.939 bits per heavy atom. The summed E-state index contributed by atoms with van der Waals surface area (Å²) in [6, 6.07) is 14.1. The summed E-state index contributed by atoms with van der Waals surface area (Å²) in [5.41, 5.74) is -5.18. The third-order valence-electron chi connectivity index (χ3n) is 14.6. The van der Waals surface area contributed by atoms with Crippen LogP contribution >= 0.6 is 8.17 Å². The van der Waals surface area contributed by atoms with E-state index in [1.54, 1.807) is 0 Å². The van der Waals surface area contributed by atoms with E-state index in [-0.39, 0.29) is 141 Å². The number of aliphatic hydroxyl groups is 3. The number of halogens is 12. The first-order chi connectivity index (χ1) is 46.3. The molecule has 518 valence electrons. The molecule has 0 aliphatic heterocycles. The smallest absolute Gasteiger partial charge is 0.395 e. The van der Waals surface area contributed by atoms with Crippen molar-refractivity contribution < 1.29 is 101 Å². The Balaban J connectivity index is 1.16. The molecule has 9 aromatic rings. The molecule has 0 bridgehead atoms. The summed E-state index contributed by atoms with van der Waals surface area (Å²) in [6.45, 7) is -1.51. The highest BCUT2D eigenvalue weighted by atomic mass is 31.2. The van der Waals surface area contributed by atoms with E-state index >= 15 is 0 Å². The second-order valence-corrected chi connectivity index (χ2v) is 23.5. The van der Waals surface area contributed by atoms with Gasteiger partial charge in [0.2, 0.25) is 0 Å². The summed E-state index contributed by atoms with van der Waals surface area (Å²) in [4.78, 5) is 68.6. The van der Waals surface area contributed by atoms with Crippen LogP contribution in [0.25, 0.3) is 17.5 Å². The number of pyridine rings is 3. The molecule has 7 N–H and O–H groups in total. The van der Waals surface area contributed by atoms with Crippen LogP contribution in [0.1, 0.15) is 115 Å². The third kappa shape index (κ3) is 17.8. The Hall–Kier alpha value is -9.54. The Morgan fingerprint density at radius 1 is 0.429 bits per heavy atom. The van der Waals surface area contributed by atoms with Gasteiger partial charge in [-0.15, -0.1) is 13.6 Å². The molecule has 3 aromatic carbocycles. The Bertz CT molecular complexity index is 3980. The van der Waals surface area contributed by atoms with Gasteiger partial charge < -0.3 is 31.3 Å². The van der Waals surface area contributed by atoms with Gasteiger partial charge in [-0.3, -0.25) is 14.4 Å². The van der Waals surface area contributed by atoms with Crippen molar-refractivity contribution >= 4 is 25.9 Å². The summed E-state index contributed by atoms with van der Waals surface area (Å²) in [7, 11) is -5.30. The van der Waals surface area contributed by atoms with Crippen molar-refractivity contribution in [1.29, 1.82) is 0 Å². The number of aryl methyl sites for hydroxylation is 3. The number of alkyl halides is 9. The molecule has 3 amide bonds. The molecule has 0 saturated carbocycles. The molecule has 35 heteroatoms. The summed E-state index contributed by atoms with van der Waals surface area (Å²) < 4.78 is 190.